The summed E-state index contributed by atoms with van der Waals surface area (Å²) >= 11 is 0. The van der Waals surface area contributed by atoms with Gasteiger partial charge in [-0.2, -0.15) is 0 Å². The first kappa shape index (κ1) is 23.2. The molecule has 0 fully saturated rings. The lowest BCUT2D eigenvalue weighted by molar-refractivity contribution is 0.287. The Morgan fingerprint density at radius 2 is 1.89 bits per heavy atom. The largest absolute Gasteiger partial charge is 0.493 e. The number of para-hydroxylation sites is 1. The van der Waals surface area contributed by atoms with Gasteiger partial charge in [-0.15, -0.1) is 24.0 Å². The highest BCUT2D eigenvalue weighted by molar-refractivity contribution is 14.0. The van der Waals surface area contributed by atoms with Crippen LogP contribution in [0.25, 0.3) is 0 Å². The van der Waals surface area contributed by atoms with E-state index in [0.29, 0.717) is 19.0 Å². The Bertz CT molecular complexity index is 677. The number of ether oxygens (including phenoxy) is 1. The Hall–Kier alpha value is -1.83. The van der Waals surface area contributed by atoms with E-state index in [9.17, 15) is 0 Å². The Labute approximate surface area is 180 Å². The van der Waals surface area contributed by atoms with Gasteiger partial charge in [-0.25, -0.2) is 4.99 Å². The molecule has 1 heterocycles. The summed E-state index contributed by atoms with van der Waals surface area (Å²) in [5.41, 5.74) is 2.07. The summed E-state index contributed by atoms with van der Waals surface area (Å²) in [6.07, 6.45) is 2.84. The molecule has 1 aromatic heterocycles. The third-order valence-corrected chi connectivity index (χ3v) is 3.84. The number of benzene rings is 1. The van der Waals surface area contributed by atoms with Crippen LogP contribution in [0, 0.1) is 5.92 Å². The standard InChI is InChI=1S/C21H30N4O.HI/c1-4-22-21(25-16-19-10-7-8-13-23-19)24-15-18-9-5-6-11-20(18)26-14-12-17(2)3;/h5-11,13,17H,4,12,14-16H2,1-3H3,(H2,22,24,25);1H. The molecule has 0 unspecified atom stereocenters. The van der Waals surface area contributed by atoms with Gasteiger partial charge >= 0.3 is 0 Å². The van der Waals surface area contributed by atoms with E-state index in [-0.39, 0.29) is 24.0 Å². The Morgan fingerprint density at radius 1 is 1.11 bits per heavy atom. The topological polar surface area (TPSA) is 58.5 Å². The summed E-state index contributed by atoms with van der Waals surface area (Å²) in [6.45, 7) is 9.21. The van der Waals surface area contributed by atoms with Crippen molar-refractivity contribution in [2.75, 3.05) is 13.2 Å². The Morgan fingerprint density at radius 3 is 2.59 bits per heavy atom. The molecule has 6 heteroatoms. The van der Waals surface area contributed by atoms with Crippen molar-refractivity contribution in [3.8, 4) is 5.75 Å². The molecule has 0 aliphatic heterocycles. The predicted octanol–water partition coefficient (Wildman–Crippen LogP) is 4.38. The Balaban J connectivity index is 0.00000364. The van der Waals surface area contributed by atoms with Crippen LogP contribution in [0.2, 0.25) is 0 Å². The molecule has 2 rings (SSSR count). The SMILES string of the molecule is CCNC(=NCc1ccccc1OCCC(C)C)NCc1ccccn1.I. The summed E-state index contributed by atoms with van der Waals surface area (Å²) in [4.78, 5) is 9.02. The highest BCUT2D eigenvalue weighted by Gasteiger charge is 2.05. The monoisotopic (exact) mass is 482 g/mol. The van der Waals surface area contributed by atoms with Crippen LogP contribution in [-0.2, 0) is 13.1 Å². The number of aliphatic imine (C=N–C) groups is 1. The van der Waals surface area contributed by atoms with Crippen LogP contribution in [0.3, 0.4) is 0 Å². The summed E-state index contributed by atoms with van der Waals surface area (Å²) < 4.78 is 5.95. The zero-order chi connectivity index (χ0) is 18.6. The second-order valence-electron chi connectivity index (χ2n) is 6.51. The van der Waals surface area contributed by atoms with E-state index in [2.05, 4.69) is 47.4 Å². The highest BCUT2D eigenvalue weighted by Crippen LogP contribution is 2.19. The van der Waals surface area contributed by atoms with Gasteiger partial charge in [-0.1, -0.05) is 38.1 Å². The van der Waals surface area contributed by atoms with Crippen molar-refractivity contribution in [1.29, 1.82) is 0 Å². The first-order valence-electron chi connectivity index (χ1n) is 9.31. The maximum atomic E-state index is 5.95. The highest BCUT2D eigenvalue weighted by atomic mass is 127. The molecule has 5 nitrogen and oxygen atoms in total. The van der Waals surface area contributed by atoms with E-state index in [1.165, 1.54) is 0 Å². The first-order chi connectivity index (χ1) is 12.7. The molecule has 0 atom stereocenters. The number of nitrogens with one attached hydrogen (secondary N) is 2. The minimum Gasteiger partial charge on any atom is -0.493 e. The summed E-state index contributed by atoms with van der Waals surface area (Å²) in [5.74, 6) is 2.32. The number of hydrogen-bond acceptors (Lipinski definition) is 3. The Kier molecular flexibility index (Phi) is 11.5. The van der Waals surface area contributed by atoms with Gasteiger partial charge in [0.15, 0.2) is 5.96 Å². The van der Waals surface area contributed by atoms with Crippen molar-refractivity contribution in [2.24, 2.45) is 10.9 Å². The number of nitrogens with zero attached hydrogens (tertiary/aromatic N) is 2. The summed E-state index contributed by atoms with van der Waals surface area (Å²) in [6, 6.07) is 14.0. The molecule has 2 N–H and O–H groups in total. The lowest BCUT2D eigenvalue weighted by Crippen LogP contribution is -2.37. The van der Waals surface area contributed by atoms with Crippen LogP contribution in [0.4, 0.5) is 0 Å². The van der Waals surface area contributed by atoms with Crippen molar-refractivity contribution in [3.05, 3.63) is 59.9 Å². The van der Waals surface area contributed by atoms with Crippen molar-refractivity contribution in [2.45, 2.75) is 40.3 Å². The number of aromatic nitrogens is 1. The second-order valence-corrected chi connectivity index (χ2v) is 6.51. The fourth-order valence-corrected chi connectivity index (χ4v) is 2.36. The van der Waals surface area contributed by atoms with Gasteiger partial charge in [0.05, 0.1) is 25.4 Å². The van der Waals surface area contributed by atoms with Gasteiger partial charge < -0.3 is 15.4 Å². The van der Waals surface area contributed by atoms with E-state index in [1.54, 1.807) is 6.20 Å². The van der Waals surface area contributed by atoms with Crippen LogP contribution in [0.15, 0.2) is 53.7 Å². The number of rotatable bonds is 9. The molecule has 0 saturated heterocycles. The molecule has 0 aliphatic rings. The van der Waals surface area contributed by atoms with Gasteiger partial charge in [0, 0.05) is 18.3 Å². The van der Waals surface area contributed by atoms with Crippen molar-refractivity contribution in [3.63, 3.8) is 0 Å². The van der Waals surface area contributed by atoms with Crippen molar-refractivity contribution in [1.82, 2.24) is 15.6 Å². The fraction of sp³-hybridized carbons (Fsp3) is 0.429. The molecule has 1 aromatic carbocycles. The van der Waals surface area contributed by atoms with Crippen LogP contribution in [-0.4, -0.2) is 24.1 Å². The maximum absolute atomic E-state index is 5.95. The molecule has 0 radical (unpaired) electrons. The maximum Gasteiger partial charge on any atom is 0.191 e. The van der Waals surface area contributed by atoms with E-state index in [1.807, 2.05) is 36.4 Å². The van der Waals surface area contributed by atoms with Gasteiger partial charge in [-0.3, -0.25) is 4.98 Å². The van der Waals surface area contributed by atoms with E-state index in [0.717, 1.165) is 42.5 Å². The van der Waals surface area contributed by atoms with Gasteiger partial charge in [0.2, 0.25) is 0 Å². The van der Waals surface area contributed by atoms with Crippen LogP contribution < -0.4 is 15.4 Å². The molecular formula is C21H31IN4O. The lowest BCUT2D eigenvalue weighted by atomic mass is 10.1. The quantitative estimate of drug-likeness (QED) is 0.317. The molecule has 0 spiro atoms. The third kappa shape index (κ3) is 9.08. The molecule has 0 amide bonds. The normalized spacial score (nSPS) is 11.0. The van der Waals surface area contributed by atoms with Crippen molar-refractivity contribution < 1.29 is 4.74 Å². The minimum absolute atomic E-state index is 0. The fourth-order valence-electron chi connectivity index (χ4n) is 2.36. The predicted molar refractivity (Wildman–Crippen MR) is 123 cm³/mol. The molecule has 0 bridgehead atoms. The van der Waals surface area contributed by atoms with Gasteiger partial charge in [0.25, 0.3) is 0 Å². The van der Waals surface area contributed by atoms with E-state index < -0.39 is 0 Å². The zero-order valence-electron chi connectivity index (χ0n) is 16.4. The molecular weight excluding hydrogens is 451 g/mol. The number of hydrogen-bond donors (Lipinski definition) is 2. The lowest BCUT2D eigenvalue weighted by Gasteiger charge is -2.13. The molecule has 27 heavy (non-hydrogen) atoms. The molecule has 2 aromatic rings. The summed E-state index contributed by atoms with van der Waals surface area (Å²) in [5, 5.41) is 6.59. The second kappa shape index (κ2) is 13.4. The molecule has 0 aliphatic carbocycles. The number of halogens is 1. The minimum atomic E-state index is 0. The number of pyridine rings is 1. The van der Waals surface area contributed by atoms with Gasteiger partial charge in [-0.05, 0) is 37.5 Å². The average Bonchev–Trinajstić information content (AvgIpc) is 2.65. The third-order valence-electron chi connectivity index (χ3n) is 3.84. The van der Waals surface area contributed by atoms with Crippen LogP contribution in [0.1, 0.15) is 38.4 Å². The molecule has 148 valence electrons. The van der Waals surface area contributed by atoms with Crippen LogP contribution in [0.5, 0.6) is 5.75 Å². The number of guanidine groups is 1. The average molecular weight is 482 g/mol. The smallest absolute Gasteiger partial charge is 0.191 e. The van der Waals surface area contributed by atoms with Crippen LogP contribution >= 0.6 is 24.0 Å². The first-order valence-corrected chi connectivity index (χ1v) is 9.31. The summed E-state index contributed by atoms with van der Waals surface area (Å²) in [7, 11) is 0. The molecule has 0 saturated carbocycles. The van der Waals surface area contributed by atoms with Crippen molar-refractivity contribution >= 4 is 29.9 Å². The van der Waals surface area contributed by atoms with Gasteiger partial charge in [0.1, 0.15) is 5.75 Å². The zero-order valence-corrected chi connectivity index (χ0v) is 18.8. The van der Waals surface area contributed by atoms with E-state index in [4.69, 9.17) is 4.74 Å². The van der Waals surface area contributed by atoms with E-state index >= 15 is 0 Å².